The summed E-state index contributed by atoms with van der Waals surface area (Å²) in [4.78, 5) is 34.5. The van der Waals surface area contributed by atoms with Gasteiger partial charge in [0.1, 0.15) is 12.6 Å². The zero-order valence-electron chi connectivity index (χ0n) is 16.9. The number of aromatic amines is 1. The second-order valence-corrected chi connectivity index (χ2v) is 8.80. The highest BCUT2D eigenvalue weighted by Gasteiger charge is 2.49. The summed E-state index contributed by atoms with van der Waals surface area (Å²) < 4.78 is 0. The van der Waals surface area contributed by atoms with Crippen molar-refractivity contribution in [3.63, 3.8) is 0 Å². The number of piperazine rings is 1. The van der Waals surface area contributed by atoms with Crippen LogP contribution in [-0.2, 0) is 16.0 Å². The van der Waals surface area contributed by atoms with Gasteiger partial charge in [-0.2, -0.15) is 0 Å². The van der Waals surface area contributed by atoms with Crippen LogP contribution in [0.3, 0.4) is 0 Å². The molecule has 5 nitrogen and oxygen atoms in total. The molecular weight excluding hydrogens is 374 g/mol. The second kappa shape index (κ2) is 6.73. The maximum atomic E-state index is 13.7. The summed E-state index contributed by atoms with van der Waals surface area (Å²) in [6.45, 7) is 0.207. The highest BCUT2D eigenvalue weighted by atomic mass is 16.2. The van der Waals surface area contributed by atoms with Crippen molar-refractivity contribution in [2.24, 2.45) is 0 Å². The fraction of sp³-hybridized carbons (Fsp3) is 0.360. The summed E-state index contributed by atoms with van der Waals surface area (Å²) in [5, 5.41) is 1.16. The summed E-state index contributed by atoms with van der Waals surface area (Å²) in [5.41, 5.74) is 4.34. The fourth-order valence-electron chi connectivity index (χ4n) is 5.79. The Morgan fingerprint density at radius 1 is 0.900 bits per heavy atom. The van der Waals surface area contributed by atoms with Gasteiger partial charge in [-0.1, -0.05) is 61.4 Å². The smallest absolute Gasteiger partial charge is 0.246 e. The van der Waals surface area contributed by atoms with Crippen LogP contribution in [0.1, 0.15) is 48.5 Å². The van der Waals surface area contributed by atoms with E-state index in [1.807, 2.05) is 40.1 Å². The largest absolute Gasteiger partial charge is 0.356 e. The summed E-state index contributed by atoms with van der Waals surface area (Å²) >= 11 is 0. The van der Waals surface area contributed by atoms with Crippen LogP contribution in [0.25, 0.3) is 10.9 Å². The van der Waals surface area contributed by atoms with Crippen molar-refractivity contribution < 1.29 is 9.59 Å². The Bertz CT molecular complexity index is 1130. The van der Waals surface area contributed by atoms with Gasteiger partial charge in [0.05, 0.1) is 6.04 Å². The first-order valence-electron chi connectivity index (χ1n) is 11.0. The van der Waals surface area contributed by atoms with Gasteiger partial charge in [-0.05, 0) is 30.0 Å². The monoisotopic (exact) mass is 399 g/mol. The molecule has 0 spiro atoms. The van der Waals surface area contributed by atoms with Crippen LogP contribution in [0, 0.1) is 0 Å². The number of carbonyl (C=O) groups is 2. The van der Waals surface area contributed by atoms with Gasteiger partial charge in [0.25, 0.3) is 0 Å². The van der Waals surface area contributed by atoms with E-state index in [9.17, 15) is 9.59 Å². The molecule has 30 heavy (non-hydrogen) atoms. The summed E-state index contributed by atoms with van der Waals surface area (Å²) in [5.74, 6) is 0.183. The number of para-hydroxylation sites is 1. The van der Waals surface area contributed by atoms with Crippen LogP contribution in [-0.4, -0.2) is 45.2 Å². The average molecular weight is 399 g/mol. The van der Waals surface area contributed by atoms with E-state index < -0.39 is 6.04 Å². The molecule has 2 atom stereocenters. The lowest BCUT2D eigenvalue weighted by Crippen LogP contribution is -2.64. The number of carbonyl (C=O) groups excluding carboxylic acids is 2. The third-order valence-electron chi connectivity index (χ3n) is 7.17. The zero-order chi connectivity index (χ0) is 20.2. The zero-order valence-corrected chi connectivity index (χ0v) is 16.9. The van der Waals surface area contributed by atoms with E-state index in [1.54, 1.807) is 0 Å². The molecule has 0 radical (unpaired) electrons. The molecule has 3 heterocycles. The summed E-state index contributed by atoms with van der Waals surface area (Å²) in [6, 6.07) is 17.9. The molecule has 3 aliphatic rings. The number of benzene rings is 2. The van der Waals surface area contributed by atoms with Crippen molar-refractivity contribution in [3.05, 3.63) is 71.4 Å². The fourth-order valence-corrected chi connectivity index (χ4v) is 5.79. The standard InChI is InChI=1S/C25H25N3O2/c29-22-15-27(17-10-4-5-11-17)25(30)21-14-19-18-12-6-7-13-20(18)26-23(19)24(28(21)22)16-8-2-1-3-9-16/h1-3,6-9,12-13,17,21,24,26H,4-5,10-11,14-15H2/t21-,24+/m0/s1. The predicted molar refractivity (Wildman–Crippen MR) is 115 cm³/mol. The number of H-pyrrole nitrogens is 1. The number of amides is 2. The Labute approximate surface area is 175 Å². The van der Waals surface area contributed by atoms with E-state index in [0.717, 1.165) is 47.8 Å². The molecule has 1 N–H and O–H groups in total. The Kier molecular flexibility index (Phi) is 3.98. The third-order valence-corrected chi connectivity index (χ3v) is 7.17. The molecule has 152 valence electrons. The molecule has 2 aliphatic heterocycles. The van der Waals surface area contributed by atoms with Gasteiger partial charge in [0, 0.05) is 29.1 Å². The molecule has 5 heteroatoms. The minimum atomic E-state index is -0.427. The van der Waals surface area contributed by atoms with Gasteiger partial charge in [-0.15, -0.1) is 0 Å². The quantitative estimate of drug-likeness (QED) is 0.713. The van der Waals surface area contributed by atoms with Gasteiger partial charge < -0.3 is 14.8 Å². The molecule has 1 saturated carbocycles. The second-order valence-electron chi connectivity index (χ2n) is 8.80. The van der Waals surface area contributed by atoms with Crippen LogP contribution in [0.2, 0.25) is 0 Å². The van der Waals surface area contributed by atoms with E-state index in [0.29, 0.717) is 6.42 Å². The number of hydrogen-bond acceptors (Lipinski definition) is 2. The number of aromatic nitrogens is 1. The van der Waals surface area contributed by atoms with Crippen molar-refractivity contribution in [1.29, 1.82) is 0 Å². The Morgan fingerprint density at radius 3 is 2.43 bits per heavy atom. The van der Waals surface area contributed by atoms with Gasteiger partial charge in [-0.3, -0.25) is 9.59 Å². The van der Waals surface area contributed by atoms with E-state index in [2.05, 4.69) is 29.2 Å². The van der Waals surface area contributed by atoms with Crippen LogP contribution < -0.4 is 0 Å². The third kappa shape index (κ3) is 2.54. The molecule has 0 unspecified atom stereocenters. The van der Waals surface area contributed by atoms with Gasteiger partial charge in [0.15, 0.2) is 0 Å². The molecule has 0 bridgehead atoms. The lowest BCUT2D eigenvalue weighted by atomic mass is 9.86. The number of fused-ring (bicyclic) bond motifs is 4. The first-order valence-corrected chi connectivity index (χ1v) is 11.0. The molecule has 6 rings (SSSR count). The Balaban J connectivity index is 1.51. The highest BCUT2D eigenvalue weighted by Crippen LogP contribution is 2.43. The minimum absolute atomic E-state index is 0.0599. The van der Waals surface area contributed by atoms with Crippen LogP contribution in [0.4, 0.5) is 0 Å². The van der Waals surface area contributed by atoms with Crippen molar-refractivity contribution in [2.75, 3.05) is 6.54 Å². The summed E-state index contributed by atoms with van der Waals surface area (Å²) in [6.07, 6.45) is 4.92. The first-order chi connectivity index (χ1) is 14.7. The van der Waals surface area contributed by atoms with Crippen molar-refractivity contribution in [2.45, 2.75) is 50.2 Å². The number of nitrogens with one attached hydrogen (secondary N) is 1. The molecule has 2 aromatic carbocycles. The molecule has 3 aromatic rings. The maximum Gasteiger partial charge on any atom is 0.246 e. The normalized spacial score (nSPS) is 24.4. The van der Waals surface area contributed by atoms with E-state index in [1.165, 1.54) is 5.56 Å². The average Bonchev–Trinajstić information content (AvgIpc) is 3.43. The maximum absolute atomic E-state index is 13.7. The lowest BCUT2D eigenvalue weighted by molar-refractivity contribution is -0.160. The Hall–Kier alpha value is -3.08. The van der Waals surface area contributed by atoms with Gasteiger partial charge >= 0.3 is 0 Å². The van der Waals surface area contributed by atoms with Crippen molar-refractivity contribution in [3.8, 4) is 0 Å². The van der Waals surface area contributed by atoms with Crippen LogP contribution in [0.5, 0.6) is 0 Å². The molecular formula is C25H25N3O2. The highest BCUT2D eigenvalue weighted by molar-refractivity contribution is 5.97. The molecule has 1 aromatic heterocycles. The first kappa shape index (κ1) is 17.8. The van der Waals surface area contributed by atoms with Crippen LogP contribution >= 0.6 is 0 Å². The molecule has 1 aliphatic carbocycles. The molecule has 1 saturated heterocycles. The topological polar surface area (TPSA) is 56.4 Å². The van der Waals surface area contributed by atoms with Crippen LogP contribution in [0.15, 0.2) is 54.6 Å². The van der Waals surface area contributed by atoms with E-state index in [4.69, 9.17) is 0 Å². The number of nitrogens with zero attached hydrogens (tertiary/aromatic N) is 2. The van der Waals surface area contributed by atoms with Gasteiger partial charge in [0.2, 0.25) is 11.8 Å². The number of hydrogen-bond donors (Lipinski definition) is 1. The lowest BCUT2D eigenvalue weighted by Gasteiger charge is -2.48. The molecule has 2 amide bonds. The van der Waals surface area contributed by atoms with Crippen molar-refractivity contribution >= 4 is 22.7 Å². The summed E-state index contributed by atoms with van der Waals surface area (Å²) in [7, 11) is 0. The predicted octanol–water partition coefficient (Wildman–Crippen LogP) is 3.80. The van der Waals surface area contributed by atoms with E-state index >= 15 is 0 Å². The Morgan fingerprint density at radius 2 is 1.63 bits per heavy atom. The minimum Gasteiger partial charge on any atom is -0.356 e. The number of rotatable bonds is 2. The SMILES string of the molecule is O=C1[C@@H]2Cc3c([nH]c4ccccc34)[C@@H](c3ccccc3)N2C(=O)CN1C1CCCC1. The molecule has 2 fully saturated rings. The van der Waals surface area contributed by atoms with E-state index in [-0.39, 0.29) is 30.4 Å². The van der Waals surface area contributed by atoms with Gasteiger partial charge in [-0.25, -0.2) is 0 Å². The van der Waals surface area contributed by atoms with Crippen molar-refractivity contribution in [1.82, 2.24) is 14.8 Å².